The molecule has 2 aliphatic heterocycles. The van der Waals surface area contributed by atoms with Gasteiger partial charge in [-0.25, -0.2) is 0 Å². The Morgan fingerprint density at radius 1 is 1.15 bits per heavy atom. The average molecular weight is 279 g/mol. The molecular weight excluding hydrogens is 254 g/mol. The van der Waals surface area contributed by atoms with Gasteiger partial charge in [0, 0.05) is 38.6 Å². The van der Waals surface area contributed by atoms with Gasteiger partial charge >= 0.3 is 0 Å². The van der Waals surface area contributed by atoms with E-state index >= 15 is 0 Å². The van der Waals surface area contributed by atoms with E-state index in [1.165, 1.54) is 0 Å². The number of hydrogen-bond donors (Lipinski definition) is 1. The van der Waals surface area contributed by atoms with Crippen LogP contribution in [-0.2, 0) is 9.59 Å². The van der Waals surface area contributed by atoms with E-state index < -0.39 is 0 Å². The average Bonchev–Trinajstić information content (AvgIpc) is 2.99. The molecule has 1 spiro atoms. The first-order valence-corrected chi connectivity index (χ1v) is 7.95. The minimum atomic E-state index is -0.314. The first-order valence-electron chi connectivity index (χ1n) is 7.95. The number of nitrogens with two attached hydrogens (primary N) is 1. The van der Waals surface area contributed by atoms with Gasteiger partial charge in [0.15, 0.2) is 0 Å². The van der Waals surface area contributed by atoms with Crippen LogP contribution in [0, 0.1) is 5.41 Å². The Morgan fingerprint density at radius 3 is 2.40 bits per heavy atom. The molecule has 3 aliphatic rings. The lowest BCUT2D eigenvalue weighted by Gasteiger charge is -2.36. The van der Waals surface area contributed by atoms with Gasteiger partial charge in [0.05, 0.1) is 5.41 Å². The third kappa shape index (κ3) is 2.27. The molecule has 2 heterocycles. The topological polar surface area (TPSA) is 66.6 Å². The molecule has 0 radical (unpaired) electrons. The molecule has 5 nitrogen and oxygen atoms in total. The van der Waals surface area contributed by atoms with Crippen LogP contribution < -0.4 is 5.73 Å². The maximum atomic E-state index is 12.7. The second-order valence-electron chi connectivity index (χ2n) is 6.59. The van der Waals surface area contributed by atoms with E-state index in [9.17, 15) is 9.59 Å². The summed E-state index contributed by atoms with van der Waals surface area (Å²) < 4.78 is 0. The van der Waals surface area contributed by atoms with Crippen LogP contribution in [0.25, 0.3) is 0 Å². The Balaban J connectivity index is 1.66. The highest BCUT2D eigenvalue weighted by Gasteiger charge is 2.54. The quantitative estimate of drug-likeness (QED) is 0.773. The molecule has 1 saturated carbocycles. The third-order valence-corrected chi connectivity index (χ3v) is 5.36. The van der Waals surface area contributed by atoms with E-state index in [0.29, 0.717) is 13.0 Å². The molecule has 112 valence electrons. The Bertz CT molecular complexity index is 396. The summed E-state index contributed by atoms with van der Waals surface area (Å²) in [6.45, 7) is 3.49. The van der Waals surface area contributed by atoms with Gasteiger partial charge in [0.1, 0.15) is 0 Å². The highest BCUT2D eigenvalue weighted by molar-refractivity contribution is 6.06. The van der Waals surface area contributed by atoms with Crippen molar-refractivity contribution in [3.63, 3.8) is 0 Å². The minimum Gasteiger partial charge on any atom is -0.329 e. The van der Waals surface area contributed by atoms with Crippen molar-refractivity contribution in [3.05, 3.63) is 0 Å². The minimum absolute atomic E-state index is 0.0779. The molecule has 3 rings (SSSR count). The molecule has 2 N–H and O–H groups in total. The number of likely N-dealkylation sites (tertiary alicyclic amines) is 2. The number of hydrogen-bond acceptors (Lipinski definition) is 4. The van der Waals surface area contributed by atoms with E-state index in [2.05, 4.69) is 4.90 Å². The summed E-state index contributed by atoms with van der Waals surface area (Å²) in [5, 5.41) is 0. The van der Waals surface area contributed by atoms with Crippen LogP contribution in [0.15, 0.2) is 0 Å². The molecular formula is C15H25N3O2. The van der Waals surface area contributed by atoms with Gasteiger partial charge in [-0.3, -0.25) is 14.5 Å². The second-order valence-corrected chi connectivity index (χ2v) is 6.59. The van der Waals surface area contributed by atoms with Crippen LogP contribution in [0.1, 0.15) is 44.9 Å². The lowest BCUT2D eigenvalue weighted by molar-refractivity contribution is -0.145. The molecule has 2 amide bonds. The van der Waals surface area contributed by atoms with Crippen LogP contribution in [-0.4, -0.2) is 53.8 Å². The number of carbonyl (C=O) groups excluding carboxylic acids is 2. The lowest BCUT2D eigenvalue weighted by atomic mass is 9.84. The molecule has 2 saturated heterocycles. The normalized spacial score (nSPS) is 27.9. The van der Waals surface area contributed by atoms with Crippen molar-refractivity contribution < 1.29 is 9.59 Å². The van der Waals surface area contributed by atoms with E-state index in [1.54, 1.807) is 4.90 Å². The summed E-state index contributed by atoms with van der Waals surface area (Å²) in [5.74, 6) is 0.214. The van der Waals surface area contributed by atoms with Crippen molar-refractivity contribution in [2.75, 3.05) is 26.2 Å². The molecule has 3 fully saturated rings. The number of carbonyl (C=O) groups is 2. The fourth-order valence-electron chi connectivity index (χ4n) is 4.21. The van der Waals surface area contributed by atoms with E-state index in [-0.39, 0.29) is 23.3 Å². The fraction of sp³-hybridized carbons (Fsp3) is 0.867. The van der Waals surface area contributed by atoms with Crippen molar-refractivity contribution in [3.8, 4) is 0 Å². The number of imide groups is 1. The highest BCUT2D eigenvalue weighted by atomic mass is 16.2. The maximum Gasteiger partial charge on any atom is 0.236 e. The zero-order valence-electron chi connectivity index (χ0n) is 12.1. The van der Waals surface area contributed by atoms with Crippen LogP contribution in [0.2, 0.25) is 0 Å². The largest absolute Gasteiger partial charge is 0.329 e. The van der Waals surface area contributed by atoms with Crippen LogP contribution in [0.5, 0.6) is 0 Å². The summed E-state index contributed by atoms with van der Waals surface area (Å²) in [4.78, 5) is 29.0. The van der Waals surface area contributed by atoms with Gasteiger partial charge in [0.2, 0.25) is 11.8 Å². The summed E-state index contributed by atoms with van der Waals surface area (Å²) >= 11 is 0. The first-order chi connectivity index (χ1) is 9.66. The van der Waals surface area contributed by atoms with Gasteiger partial charge in [-0.15, -0.1) is 0 Å². The number of rotatable bonds is 3. The predicted octanol–water partition coefficient (Wildman–Crippen LogP) is 0.729. The van der Waals surface area contributed by atoms with Crippen LogP contribution in [0.3, 0.4) is 0 Å². The van der Waals surface area contributed by atoms with E-state index in [4.69, 9.17) is 5.73 Å². The molecule has 0 atom stereocenters. The summed E-state index contributed by atoms with van der Waals surface area (Å²) in [5.41, 5.74) is 5.26. The van der Waals surface area contributed by atoms with Crippen molar-refractivity contribution in [1.82, 2.24) is 9.80 Å². The maximum absolute atomic E-state index is 12.7. The van der Waals surface area contributed by atoms with Crippen molar-refractivity contribution in [2.45, 2.75) is 51.0 Å². The smallest absolute Gasteiger partial charge is 0.236 e. The van der Waals surface area contributed by atoms with Crippen molar-refractivity contribution in [1.29, 1.82) is 0 Å². The van der Waals surface area contributed by atoms with Crippen LogP contribution in [0.4, 0.5) is 0 Å². The summed E-state index contributed by atoms with van der Waals surface area (Å²) in [7, 11) is 0. The first kappa shape index (κ1) is 14.0. The van der Waals surface area contributed by atoms with Gasteiger partial charge in [0.25, 0.3) is 0 Å². The molecule has 20 heavy (non-hydrogen) atoms. The predicted molar refractivity (Wildman–Crippen MR) is 75.9 cm³/mol. The monoisotopic (exact) mass is 279 g/mol. The number of amides is 2. The Labute approximate surface area is 120 Å². The molecule has 0 aromatic rings. The number of piperidine rings is 1. The molecule has 5 heteroatoms. The van der Waals surface area contributed by atoms with Gasteiger partial charge in [-0.2, -0.15) is 0 Å². The van der Waals surface area contributed by atoms with Crippen molar-refractivity contribution >= 4 is 11.8 Å². The zero-order valence-corrected chi connectivity index (χ0v) is 12.1. The molecule has 0 bridgehead atoms. The van der Waals surface area contributed by atoms with Gasteiger partial charge < -0.3 is 10.6 Å². The lowest BCUT2D eigenvalue weighted by Crippen LogP contribution is -2.49. The Kier molecular flexibility index (Phi) is 3.82. The standard InChI is InChI=1S/C15H25N3O2/c16-7-10-17-8-3-12(4-9-17)18-13(19)11-15(14(18)20)5-1-2-6-15/h12H,1-11,16H2. The SMILES string of the molecule is NCCN1CCC(N2C(=O)CC3(CCCC3)C2=O)CC1. The summed E-state index contributed by atoms with van der Waals surface area (Å²) in [6, 6.07) is 0.129. The molecule has 0 unspecified atom stereocenters. The summed E-state index contributed by atoms with van der Waals surface area (Å²) in [6.07, 6.45) is 6.32. The van der Waals surface area contributed by atoms with Crippen molar-refractivity contribution in [2.24, 2.45) is 11.1 Å². The Hall–Kier alpha value is -0.940. The molecule has 1 aliphatic carbocycles. The van der Waals surface area contributed by atoms with Crippen LogP contribution >= 0.6 is 0 Å². The molecule has 0 aromatic carbocycles. The number of nitrogens with zero attached hydrogens (tertiary/aromatic N) is 2. The van der Waals surface area contributed by atoms with Gasteiger partial charge in [-0.05, 0) is 25.7 Å². The molecule has 0 aromatic heterocycles. The fourth-order valence-corrected chi connectivity index (χ4v) is 4.21. The third-order valence-electron chi connectivity index (χ3n) is 5.36. The van der Waals surface area contributed by atoms with E-state index in [1.807, 2.05) is 0 Å². The second kappa shape index (κ2) is 5.45. The van der Waals surface area contributed by atoms with E-state index in [0.717, 1.165) is 58.2 Å². The highest BCUT2D eigenvalue weighted by Crippen LogP contribution is 2.47. The Morgan fingerprint density at radius 2 is 1.80 bits per heavy atom. The van der Waals surface area contributed by atoms with Gasteiger partial charge in [-0.1, -0.05) is 12.8 Å². The zero-order chi connectivity index (χ0) is 14.2.